The number of rotatable bonds is 12. The van der Waals surface area contributed by atoms with Gasteiger partial charge in [0.05, 0.1) is 27.4 Å². The van der Waals surface area contributed by atoms with Crippen LogP contribution in [0.15, 0.2) is 49.1 Å². The maximum Gasteiger partial charge on any atom is 0.324 e. The molecular weight excluding hydrogens is 477 g/mol. The van der Waals surface area contributed by atoms with Crippen LogP contribution in [0.3, 0.4) is 0 Å². The van der Waals surface area contributed by atoms with E-state index in [4.69, 9.17) is 14.2 Å². The van der Waals surface area contributed by atoms with Crippen molar-refractivity contribution in [3.05, 3.63) is 60.4 Å². The van der Waals surface area contributed by atoms with Gasteiger partial charge in [0, 0.05) is 42.9 Å². The lowest BCUT2D eigenvalue weighted by Gasteiger charge is -2.40. The first-order valence-corrected chi connectivity index (χ1v) is 12.5. The van der Waals surface area contributed by atoms with Crippen LogP contribution in [0.1, 0.15) is 31.7 Å². The van der Waals surface area contributed by atoms with Gasteiger partial charge in [-0.15, -0.1) is 10.2 Å². The summed E-state index contributed by atoms with van der Waals surface area (Å²) in [7, 11) is 3.14. The number of benzene rings is 2. The van der Waals surface area contributed by atoms with E-state index in [1.165, 1.54) is 19.2 Å². The molecule has 0 N–H and O–H groups in total. The lowest BCUT2D eigenvalue weighted by molar-refractivity contribution is 0.169. The fraction of sp³-hybridized carbons (Fsp3) is 0.444. The van der Waals surface area contributed by atoms with Crippen molar-refractivity contribution < 1.29 is 23.4 Å². The lowest BCUT2D eigenvalue weighted by atomic mass is 10.0. The third-order valence-corrected chi connectivity index (χ3v) is 6.42. The van der Waals surface area contributed by atoms with Crippen LogP contribution >= 0.6 is 0 Å². The molecule has 1 fully saturated rings. The Bertz CT molecular complexity index is 1170. The third-order valence-electron chi connectivity index (χ3n) is 6.42. The summed E-state index contributed by atoms with van der Waals surface area (Å²) in [4.78, 5) is 17.2. The first kappa shape index (κ1) is 26.2. The summed E-state index contributed by atoms with van der Waals surface area (Å²) in [5, 5.41) is 7.80. The second-order valence-corrected chi connectivity index (χ2v) is 9.15. The zero-order valence-corrected chi connectivity index (χ0v) is 21.6. The Morgan fingerprint density at radius 1 is 0.973 bits per heavy atom. The second-order valence-electron chi connectivity index (χ2n) is 9.15. The molecule has 1 aliphatic heterocycles. The van der Waals surface area contributed by atoms with Gasteiger partial charge in [-0.25, -0.2) is 9.18 Å². The van der Waals surface area contributed by atoms with Crippen LogP contribution in [-0.2, 0) is 13.1 Å². The van der Waals surface area contributed by atoms with Crippen molar-refractivity contribution in [3.63, 3.8) is 0 Å². The molecule has 2 heterocycles. The summed E-state index contributed by atoms with van der Waals surface area (Å²) < 4.78 is 32.9. The number of ether oxygens (including phenoxy) is 3. The van der Waals surface area contributed by atoms with Crippen molar-refractivity contribution in [2.75, 3.05) is 38.8 Å². The summed E-state index contributed by atoms with van der Waals surface area (Å²) >= 11 is 0. The predicted octanol–water partition coefficient (Wildman–Crippen LogP) is 4.76. The molecule has 1 unspecified atom stereocenters. The van der Waals surface area contributed by atoms with Gasteiger partial charge in [-0.05, 0) is 36.8 Å². The number of carbonyl (C=O) groups is 1. The molecule has 198 valence electrons. The Labute approximate surface area is 216 Å². The van der Waals surface area contributed by atoms with Crippen molar-refractivity contribution in [1.29, 1.82) is 0 Å². The monoisotopic (exact) mass is 511 g/mol. The van der Waals surface area contributed by atoms with Crippen LogP contribution in [0, 0.1) is 11.7 Å². The number of hydrogen-bond donors (Lipinski definition) is 0. The predicted molar refractivity (Wildman–Crippen MR) is 138 cm³/mol. The fourth-order valence-corrected chi connectivity index (χ4v) is 4.59. The first-order valence-electron chi connectivity index (χ1n) is 12.5. The molecule has 1 atom stereocenters. The maximum absolute atomic E-state index is 14.1. The average Bonchev–Trinajstić information content (AvgIpc) is 3.41. The number of aromatic nitrogens is 3. The topological polar surface area (TPSA) is 82.0 Å². The molecular formula is C27H34FN5O4. The van der Waals surface area contributed by atoms with E-state index in [2.05, 4.69) is 17.1 Å². The molecule has 9 nitrogen and oxygen atoms in total. The zero-order chi connectivity index (χ0) is 26.2. The molecule has 3 aromatic rings. The highest BCUT2D eigenvalue weighted by Crippen LogP contribution is 2.34. The van der Waals surface area contributed by atoms with Gasteiger partial charge < -0.3 is 23.7 Å². The largest absolute Gasteiger partial charge is 0.496 e. The molecule has 0 spiro atoms. The number of amides is 2. The molecule has 0 radical (unpaired) electrons. The van der Waals surface area contributed by atoms with Gasteiger partial charge in [-0.3, -0.25) is 4.90 Å². The molecule has 0 saturated carbocycles. The van der Waals surface area contributed by atoms with Crippen LogP contribution in [0.5, 0.6) is 17.2 Å². The Balaban J connectivity index is 1.62. The highest BCUT2D eigenvalue weighted by Gasteiger charge is 2.34. The second kappa shape index (κ2) is 12.4. The van der Waals surface area contributed by atoms with Crippen molar-refractivity contribution in [2.24, 2.45) is 5.92 Å². The Hall–Kier alpha value is -3.82. The molecule has 0 bridgehead atoms. The number of unbranched alkanes of at least 4 members (excludes halogenated alkanes) is 2. The third kappa shape index (κ3) is 6.49. The Morgan fingerprint density at radius 2 is 1.73 bits per heavy atom. The number of nitrogens with zero attached hydrogens (tertiary/aromatic N) is 5. The molecule has 37 heavy (non-hydrogen) atoms. The minimum absolute atomic E-state index is 0.0734. The van der Waals surface area contributed by atoms with Crippen molar-refractivity contribution >= 4 is 11.7 Å². The number of urea groups is 1. The van der Waals surface area contributed by atoms with Gasteiger partial charge in [0.2, 0.25) is 0 Å². The van der Waals surface area contributed by atoms with Crippen LogP contribution in [0.2, 0.25) is 0 Å². The highest BCUT2D eigenvalue weighted by atomic mass is 19.1. The maximum atomic E-state index is 14.1. The molecule has 0 aliphatic carbocycles. The molecule has 2 aromatic carbocycles. The summed E-state index contributed by atoms with van der Waals surface area (Å²) in [5.41, 5.74) is 1.32. The minimum atomic E-state index is -0.377. The molecule has 1 aromatic heterocycles. The highest BCUT2D eigenvalue weighted by molar-refractivity contribution is 5.93. The summed E-state index contributed by atoms with van der Waals surface area (Å²) in [6.07, 6.45) is 6.45. The van der Waals surface area contributed by atoms with Gasteiger partial charge in [-0.2, -0.15) is 0 Å². The van der Waals surface area contributed by atoms with Gasteiger partial charge in [-0.1, -0.05) is 19.8 Å². The van der Waals surface area contributed by atoms with E-state index in [-0.39, 0.29) is 24.3 Å². The standard InChI is InChI=1S/C27H34FN5O4/c1-4-5-6-11-37-26-13-23(8-10-25(26)36-3)33-16-20(14-31-18-29-30-19-31)15-32(27(33)34)17-21-12-22(28)7-9-24(21)35-2/h7-10,12-13,18-20H,4-6,11,14-17H2,1-3H3. The number of methoxy groups -OCH3 is 2. The van der Waals surface area contributed by atoms with Gasteiger partial charge in [0.25, 0.3) is 0 Å². The molecule has 1 saturated heterocycles. The van der Waals surface area contributed by atoms with Crippen molar-refractivity contribution in [2.45, 2.75) is 39.3 Å². The van der Waals surface area contributed by atoms with Crippen molar-refractivity contribution in [3.8, 4) is 17.2 Å². The Morgan fingerprint density at radius 3 is 2.46 bits per heavy atom. The van der Waals surface area contributed by atoms with E-state index in [1.54, 1.807) is 35.6 Å². The van der Waals surface area contributed by atoms with Gasteiger partial charge in [0.1, 0.15) is 24.2 Å². The smallest absolute Gasteiger partial charge is 0.324 e. The molecule has 2 amide bonds. The number of halogens is 1. The van der Waals surface area contributed by atoms with Crippen LogP contribution < -0.4 is 19.1 Å². The van der Waals surface area contributed by atoms with E-state index >= 15 is 0 Å². The zero-order valence-electron chi connectivity index (χ0n) is 21.6. The van der Waals surface area contributed by atoms with E-state index in [9.17, 15) is 9.18 Å². The number of carbonyl (C=O) groups excluding carboxylic acids is 1. The van der Waals surface area contributed by atoms with Gasteiger partial charge >= 0.3 is 6.03 Å². The van der Waals surface area contributed by atoms with Gasteiger partial charge in [0.15, 0.2) is 11.5 Å². The van der Waals surface area contributed by atoms with Crippen LogP contribution in [0.4, 0.5) is 14.9 Å². The minimum Gasteiger partial charge on any atom is -0.496 e. The molecule has 4 rings (SSSR count). The summed E-state index contributed by atoms with van der Waals surface area (Å²) in [6, 6.07) is 9.70. The first-order chi connectivity index (χ1) is 18.0. The number of hydrogen-bond acceptors (Lipinski definition) is 6. The quantitative estimate of drug-likeness (QED) is 0.326. The number of anilines is 1. The average molecular weight is 512 g/mol. The summed E-state index contributed by atoms with van der Waals surface area (Å²) in [5.74, 6) is 1.45. The van der Waals surface area contributed by atoms with E-state index in [1.807, 2.05) is 22.8 Å². The fourth-order valence-electron chi connectivity index (χ4n) is 4.59. The van der Waals surface area contributed by atoms with Crippen molar-refractivity contribution in [1.82, 2.24) is 19.7 Å². The van der Waals surface area contributed by atoms with Crippen LogP contribution in [0.25, 0.3) is 0 Å². The SMILES string of the molecule is CCCCCOc1cc(N2CC(Cn3cnnc3)CN(Cc3cc(F)ccc3OC)C2=O)ccc1OC. The van der Waals surface area contributed by atoms with Crippen LogP contribution in [-0.4, -0.2) is 59.6 Å². The molecule has 10 heteroatoms. The van der Waals surface area contributed by atoms with E-state index in [0.29, 0.717) is 54.7 Å². The molecule has 1 aliphatic rings. The normalized spacial score (nSPS) is 15.7. The summed E-state index contributed by atoms with van der Waals surface area (Å²) in [6.45, 7) is 4.54. The van der Waals surface area contributed by atoms with E-state index < -0.39 is 0 Å². The Kier molecular flexibility index (Phi) is 8.81. The van der Waals surface area contributed by atoms with E-state index in [0.717, 1.165) is 19.3 Å². The lowest BCUT2D eigenvalue weighted by Crippen LogP contribution is -2.54.